The molecule has 0 atom stereocenters. The number of nitrogens with zero attached hydrogens (tertiary/aromatic N) is 2. The molecule has 3 N–H and O–H groups in total. The molecule has 0 radical (unpaired) electrons. The van der Waals surface area contributed by atoms with E-state index in [1.165, 1.54) is 0 Å². The van der Waals surface area contributed by atoms with Gasteiger partial charge in [-0.25, -0.2) is 4.98 Å². The van der Waals surface area contributed by atoms with Gasteiger partial charge in [-0.3, -0.25) is 0 Å². The van der Waals surface area contributed by atoms with Crippen LogP contribution in [-0.2, 0) is 0 Å². The standard InChI is InChI=1S/C26H22ClN5OS/c1-17(18-6-3-2-4-7-18)29-20-12-21-14-22(13-20)33-10-11-34-23-9-5-8-19(15-23)30-25-24(27)16-28-26(31-21)32-25/h2-9,12-16,29H,1,10-11H2,(H2,28,30,31,32). The van der Waals surface area contributed by atoms with Crippen LogP contribution in [0.25, 0.3) is 5.70 Å². The van der Waals surface area contributed by atoms with Crippen molar-refractivity contribution < 1.29 is 4.74 Å². The second kappa shape index (κ2) is 10.1. The number of halogens is 1. The summed E-state index contributed by atoms with van der Waals surface area (Å²) in [5, 5.41) is 10.4. The fourth-order valence-electron chi connectivity index (χ4n) is 3.48. The van der Waals surface area contributed by atoms with Crippen LogP contribution in [0.1, 0.15) is 5.56 Å². The number of hydrogen-bond acceptors (Lipinski definition) is 7. The molecule has 0 unspecified atom stereocenters. The highest BCUT2D eigenvalue weighted by Crippen LogP contribution is 2.31. The van der Waals surface area contributed by atoms with Gasteiger partial charge in [0.05, 0.1) is 12.8 Å². The highest BCUT2D eigenvalue weighted by Gasteiger charge is 2.11. The molecule has 6 bridgehead atoms. The fourth-order valence-corrected chi connectivity index (χ4v) is 4.40. The summed E-state index contributed by atoms with van der Waals surface area (Å²) in [7, 11) is 0. The van der Waals surface area contributed by atoms with Crippen molar-refractivity contribution in [3.63, 3.8) is 0 Å². The maximum atomic E-state index is 6.37. The fraction of sp³-hybridized carbons (Fsp3) is 0.0769. The van der Waals surface area contributed by atoms with Gasteiger partial charge in [-0.05, 0) is 29.8 Å². The van der Waals surface area contributed by atoms with Crippen molar-refractivity contribution in [1.29, 1.82) is 0 Å². The monoisotopic (exact) mass is 487 g/mol. The minimum absolute atomic E-state index is 0.414. The summed E-state index contributed by atoms with van der Waals surface area (Å²) >= 11 is 8.09. The Bertz CT molecular complexity index is 1330. The average Bonchev–Trinajstić information content (AvgIpc) is 2.84. The second-order valence-corrected chi connectivity index (χ2v) is 9.16. The van der Waals surface area contributed by atoms with Crippen LogP contribution in [0.3, 0.4) is 0 Å². The Morgan fingerprint density at radius 1 is 1.00 bits per heavy atom. The lowest BCUT2D eigenvalue weighted by molar-refractivity contribution is 0.344. The molecule has 4 aromatic rings. The third-order valence-corrected chi connectivity index (χ3v) is 6.28. The van der Waals surface area contributed by atoms with Crippen LogP contribution in [0.5, 0.6) is 5.75 Å². The number of hydrogen-bond donors (Lipinski definition) is 3. The molecule has 0 saturated carbocycles. The van der Waals surface area contributed by atoms with Crippen LogP contribution in [0.2, 0.25) is 5.02 Å². The Morgan fingerprint density at radius 3 is 2.76 bits per heavy atom. The molecule has 8 heteroatoms. The SMILES string of the molecule is C=C(Nc1cc2cc(c1)OCCSc1cccc(c1)Nc1nc(ncc1Cl)N2)c1ccccc1. The summed E-state index contributed by atoms with van der Waals surface area (Å²) in [6.45, 7) is 4.74. The number of fused-ring (bicyclic) bond motifs is 6. The van der Waals surface area contributed by atoms with E-state index in [0.717, 1.165) is 44.7 Å². The zero-order chi connectivity index (χ0) is 23.3. The normalized spacial score (nSPS) is 12.7. The Labute approximate surface area is 207 Å². The molecule has 1 aliphatic rings. The zero-order valence-electron chi connectivity index (χ0n) is 18.2. The molecular formula is C26H22ClN5OS. The molecule has 5 rings (SSSR count). The van der Waals surface area contributed by atoms with Gasteiger partial charge in [-0.1, -0.05) is 54.6 Å². The largest absolute Gasteiger partial charge is 0.493 e. The molecule has 0 spiro atoms. The lowest BCUT2D eigenvalue weighted by atomic mass is 10.1. The zero-order valence-corrected chi connectivity index (χ0v) is 19.8. The maximum Gasteiger partial charge on any atom is 0.229 e. The quantitative estimate of drug-likeness (QED) is 0.282. The smallest absolute Gasteiger partial charge is 0.229 e. The Balaban J connectivity index is 1.48. The Kier molecular flexibility index (Phi) is 6.56. The third kappa shape index (κ3) is 5.44. The highest BCUT2D eigenvalue weighted by atomic mass is 35.5. The molecule has 34 heavy (non-hydrogen) atoms. The van der Waals surface area contributed by atoms with E-state index >= 15 is 0 Å². The van der Waals surface area contributed by atoms with E-state index in [-0.39, 0.29) is 0 Å². The first-order valence-corrected chi connectivity index (χ1v) is 12.1. The molecule has 170 valence electrons. The summed E-state index contributed by atoms with van der Waals surface area (Å²) in [6, 6.07) is 23.9. The molecule has 0 fully saturated rings. The van der Waals surface area contributed by atoms with Gasteiger partial charge in [0, 0.05) is 45.5 Å². The number of nitrogens with one attached hydrogen (secondary N) is 3. The van der Waals surface area contributed by atoms with Gasteiger partial charge < -0.3 is 20.7 Å². The van der Waals surface area contributed by atoms with Gasteiger partial charge in [0.25, 0.3) is 0 Å². The molecule has 1 aliphatic heterocycles. The third-order valence-electron chi connectivity index (χ3n) is 5.04. The van der Waals surface area contributed by atoms with Crippen molar-refractivity contribution in [2.75, 3.05) is 28.3 Å². The van der Waals surface area contributed by atoms with E-state index in [0.29, 0.717) is 23.4 Å². The van der Waals surface area contributed by atoms with Crippen molar-refractivity contribution in [2.24, 2.45) is 0 Å². The molecule has 1 aromatic heterocycles. The number of ether oxygens (including phenoxy) is 1. The molecule has 3 aromatic carbocycles. The molecule has 0 aliphatic carbocycles. The molecule has 6 nitrogen and oxygen atoms in total. The number of anilines is 5. The van der Waals surface area contributed by atoms with Crippen LogP contribution in [0.15, 0.2) is 90.5 Å². The minimum atomic E-state index is 0.414. The van der Waals surface area contributed by atoms with Crippen molar-refractivity contribution in [3.8, 4) is 5.75 Å². The Morgan fingerprint density at radius 2 is 1.88 bits per heavy atom. The number of aromatic nitrogens is 2. The predicted molar refractivity (Wildman–Crippen MR) is 142 cm³/mol. The molecular weight excluding hydrogens is 466 g/mol. The van der Waals surface area contributed by atoms with Crippen LogP contribution in [-0.4, -0.2) is 22.3 Å². The average molecular weight is 488 g/mol. The predicted octanol–water partition coefficient (Wildman–Crippen LogP) is 7.18. The number of rotatable bonds is 3. The van der Waals surface area contributed by atoms with Gasteiger partial charge >= 0.3 is 0 Å². The first-order chi connectivity index (χ1) is 16.6. The highest BCUT2D eigenvalue weighted by molar-refractivity contribution is 7.99. The summed E-state index contributed by atoms with van der Waals surface area (Å²) < 4.78 is 6.09. The van der Waals surface area contributed by atoms with E-state index < -0.39 is 0 Å². The summed E-state index contributed by atoms with van der Waals surface area (Å²) in [4.78, 5) is 10.0. The lowest BCUT2D eigenvalue weighted by Gasteiger charge is -2.15. The van der Waals surface area contributed by atoms with Crippen LogP contribution in [0.4, 0.5) is 28.8 Å². The van der Waals surface area contributed by atoms with Crippen molar-refractivity contribution in [3.05, 3.63) is 96.2 Å². The summed E-state index contributed by atoms with van der Waals surface area (Å²) in [5.74, 6) is 2.47. The lowest BCUT2D eigenvalue weighted by Crippen LogP contribution is -2.04. The van der Waals surface area contributed by atoms with Crippen LogP contribution >= 0.6 is 23.4 Å². The second-order valence-electron chi connectivity index (χ2n) is 7.58. The number of thioether (sulfide) groups is 1. The van der Waals surface area contributed by atoms with Crippen molar-refractivity contribution in [1.82, 2.24) is 9.97 Å². The maximum absolute atomic E-state index is 6.37. The van der Waals surface area contributed by atoms with Crippen molar-refractivity contribution in [2.45, 2.75) is 4.90 Å². The number of benzene rings is 3. The minimum Gasteiger partial charge on any atom is -0.493 e. The van der Waals surface area contributed by atoms with Gasteiger partial charge in [0.15, 0.2) is 5.82 Å². The van der Waals surface area contributed by atoms with E-state index in [2.05, 4.69) is 44.6 Å². The van der Waals surface area contributed by atoms with E-state index in [9.17, 15) is 0 Å². The first-order valence-electron chi connectivity index (χ1n) is 10.7. The first kappa shape index (κ1) is 22.1. The van der Waals surface area contributed by atoms with Gasteiger partial charge in [-0.2, -0.15) is 4.98 Å². The molecule has 0 amide bonds. The van der Waals surface area contributed by atoms with Crippen LogP contribution in [0, 0.1) is 0 Å². The van der Waals surface area contributed by atoms with Crippen molar-refractivity contribution >= 4 is 57.9 Å². The van der Waals surface area contributed by atoms with Gasteiger partial charge in [0.1, 0.15) is 10.8 Å². The topological polar surface area (TPSA) is 71.1 Å². The van der Waals surface area contributed by atoms with Gasteiger partial charge in [0.2, 0.25) is 5.95 Å². The Hall–Kier alpha value is -3.68. The summed E-state index contributed by atoms with van der Waals surface area (Å²) in [5.41, 5.74) is 4.32. The molecule has 0 saturated heterocycles. The van der Waals surface area contributed by atoms with E-state index in [1.54, 1.807) is 18.0 Å². The van der Waals surface area contributed by atoms with Crippen LogP contribution < -0.4 is 20.7 Å². The summed E-state index contributed by atoms with van der Waals surface area (Å²) in [6.07, 6.45) is 1.58. The van der Waals surface area contributed by atoms with E-state index in [1.807, 2.05) is 60.7 Å². The van der Waals surface area contributed by atoms with Gasteiger partial charge in [-0.15, -0.1) is 11.8 Å². The van der Waals surface area contributed by atoms with E-state index in [4.69, 9.17) is 16.3 Å². The molecule has 2 heterocycles.